The highest BCUT2D eigenvalue weighted by Gasteiger charge is 2.26. The maximum absolute atomic E-state index is 12.5. The summed E-state index contributed by atoms with van der Waals surface area (Å²) in [6.07, 6.45) is -3.02. The summed E-state index contributed by atoms with van der Waals surface area (Å²) in [4.78, 5) is 13.1. The third kappa shape index (κ3) is 2.43. The molecule has 1 heterocycles. The summed E-state index contributed by atoms with van der Waals surface area (Å²) in [5.41, 5.74) is -1.24. The highest BCUT2D eigenvalue weighted by atomic mass is 79.9. The van der Waals surface area contributed by atoms with Crippen molar-refractivity contribution in [3.05, 3.63) is 27.4 Å². The van der Waals surface area contributed by atoms with E-state index in [0.717, 1.165) is 6.07 Å². The Hall–Kier alpha value is -1.31. The van der Waals surface area contributed by atoms with Crippen molar-refractivity contribution in [2.24, 2.45) is 0 Å². The number of methoxy groups -OCH3 is 1. The Bertz CT molecular complexity index is 415. The molecule has 0 aromatic carbocycles. The second-order valence-corrected chi connectivity index (χ2v) is 3.31. The quantitative estimate of drug-likeness (QED) is 0.487. The molecule has 8 heteroatoms. The van der Waals surface area contributed by atoms with Gasteiger partial charge in [0.15, 0.2) is 5.69 Å². The van der Waals surface area contributed by atoms with Crippen LogP contribution in [0.5, 0.6) is 5.88 Å². The number of hydrogen-bond acceptors (Lipinski definition) is 4. The van der Waals surface area contributed by atoms with Gasteiger partial charge in [-0.3, -0.25) is 10.1 Å². The van der Waals surface area contributed by atoms with Crippen molar-refractivity contribution in [2.45, 2.75) is 11.8 Å². The first-order valence-electron chi connectivity index (χ1n) is 4.07. The third-order valence-corrected chi connectivity index (χ3v) is 2.41. The first-order valence-corrected chi connectivity index (χ1v) is 5.19. The Morgan fingerprint density at radius 1 is 1.69 bits per heavy atom. The number of pyridine rings is 1. The van der Waals surface area contributed by atoms with E-state index in [2.05, 4.69) is 20.9 Å². The van der Waals surface area contributed by atoms with Crippen LogP contribution in [0, 0.1) is 10.1 Å². The van der Waals surface area contributed by atoms with Crippen molar-refractivity contribution in [3.63, 3.8) is 0 Å². The van der Waals surface area contributed by atoms with Crippen LogP contribution >= 0.6 is 15.9 Å². The number of rotatable bonds is 4. The van der Waals surface area contributed by atoms with Gasteiger partial charge in [-0.25, -0.2) is 13.8 Å². The first-order chi connectivity index (χ1) is 7.51. The van der Waals surface area contributed by atoms with Gasteiger partial charge in [-0.2, -0.15) is 0 Å². The van der Waals surface area contributed by atoms with Gasteiger partial charge in [0.05, 0.1) is 12.0 Å². The fourth-order valence-corrected chi connectivity index (χ4v) is 1.52. The van der Waals surface area contributed by atoms with E-state index >= 15 is 0 Å². The first kappa shape index (κ1) is 12.8. The molecule has 0 aliphatic heterocycles. The Morgan fingerprint density at radius 3 is 2.69 bits per heavy atom. The van der Waals surface area contributed by atoms with E-state index in [-0.39, 0.29) is 11.2 Å². The Labute approximate surface area is 97.7 Å². The van der Waals surface area contributed by atoms with Gasteiger partial charge in [0, 0.05) is 17.0 Å². The second-order valence-electron chi connectivity index (χ2n) is 2.75. The predicted octanol–water partition coefficient (Wildman–Crippen LogP) is 2.83. The summed E-state index contributed by atoms with van der Waals surface area (Å²) in [6, 6.07) is 1.03. The van der Waals surface area contributed by atoms with Crippen LogP contribution < -0.4 is 4.74 Å². The molecule has 5 nitrogen and oxygen atoms in total. The topological polar surface area (TPSA) is 65.3 Å². The molecule has 0 radical (unpaired) electrons. The lowest BCUT2D eigenvalue weighted by atomic mass is 10.2. The van der Waals surface area contributed by atoms with E-state index in [1.54, 1.807) is 0 Å². The van der Waals surface area contributed by atoms with Crippen molar-refractivity contribution in [2.75, 3.05) is 7.11 Å². The van der Waals surface area contributed by atoms with E-state index in [9.17, 15) is 18.9 Å². The standard InChI is InChI=1S/C8H7BrF2N2O3/c1-16-8-4(3-9)2-5(13(14)15)6(12-8)7(10)11/h2,7H,3H2,1H3. The van der Waals surface area contributed by atoms with Crippen LogP contribution in [-0.2, 0) is 5.33 Å². The molecule has 0 unspecified atom stereocenters. The number of alkyl halides is 3. The van der Waals surface area contributed by atoms with Crippen LogP contribution in [0.25, 0.3) is 0 Å². The molecule has 1 rings (SSSR count). The molecule has 1 aromatic heterocycles. The van der Waals surface area contributed by atoms with E-state index in [0.29, 0.717) is 5.56 Å². The van der Waals surface area contributed by atoms with E-state index in [4.69, 9.17) is 4.74 Å². The van der Waals surface area contributed by atoms with Crippen LogP contribution in [0.4, 0.5) is 14.5 Å². The van der Waals surface area contributed by atoms with Gasteiger partial charge < -0.3 is 4.74 Å². The molecule has 0 atom stereocenters. The fourth-order valence-electron chi connectivity index (χ4n) is 1.12. The third-order valence-electron chi connectivity index (χ3n) is 1.81. The van der Waals surface area contributed by atoms with Crippen LogP contribution in [0.15, 0.2) is 6.07 Å². The van der Waals surface area contributed by atoms with Gasteiger partial charge in [0.25, 0.3) is 12.1 Å². The van der Waals surface area contributed by atoms with Crippen molar-refractivity contribution in [3.8, 4) is 5.88 Å². The van der Waals surface area contributed by atoms with Crippen LogP contribution in [0.3, 0.4) is 0 Å². The van der Waals surface area contributed by atoms with Crippen molar-refractivity contribution in [1.82, 2.24) is 4.98 Å². The molecule has 0 aliphatic carbocycles. The van der Waals surface area contributed by atoms with Crippen molar-refractivity contribution in [1.29, 1.82) is 0 Å². The zero-order chi connectivity index (χ0) is 12.3. The van der Waals surface area contributed by atoms with E-state index in [1.807, 2.05) is 0 Å². The number of nitrogens with zero attached hydrogens (tertiary/aromatic N) is 2. The molecule has 1 aromatic rings. The average Bonchev–Trinajstić information content (AvgIpc) is 2.26. The molecule has 0 amide bonds. The largest absolute Gasteiger partial charge is 0.481 e. The minimum absolute atomic E-state index is 0.0437. The van der Waals surface area contributed by atoms with Crippen molar-refractivity contribution >= 4 is 21.6 Å². The molecular formula is C8H7BrF2N2O3. The minimum Gasteiger partial charge on any atom is -0.481 e. The maximum atomic E-state index is 12.5. The lowest BCUT2D eigenvalue weighted by molar-refractivity contribution is -0.386. The molecule has 16 heavy (non-hydrogen) atoms. The zero-order valence-corrected chi connectivity index (χ0v) is 9.70. The summed E-state index contributed by atoms with van der Waals surface area (Å²) in [6.45, 7) is 0. The smallest absolute Gasteiger partial charge is 0.297 e. The predicted molar refractivity (Wildman–Crippen MR) is 55.0 cm³/mol. The molecule has 0 saturated carbocycles. The zero-order valence-electron chi connectivity index (χ0n) is 8.11. The molecular weight excluding hydrogens is 290 g/mol. The monoisotopic (exact) mass is 296 g/mol. The molecule has 0 bridgehead atoms. The molecule has 0 aliphatic rings. The molecule has 0 fully saturated rings. The number of ether oxygens (including phenoxy) is 1. The average molecular weight is 297 g/mol. The van der Waals surface area contributed by atoms with Gasteiger partial charge >= 0.3 is 0 Å². The highest BCUT2D eigenvalue weighted by Crippen LogP contribution is 2.32. The molecule has 0 N–H and O–H groups in total. The SMILES string of the molecule is COc1nc(C(F)F)c([N+](=O)[O-])cc1CBr. The normalized spacial score (nSPS) is 10.6. The van der Waals surface area contributed by atoms with Gasteiger partial charge in [0.1, 0.15) is 0 Å². The number of nitro groups is 1. The molecule has 0 spiro atoms. The second kappa shape index (κ2) is 5.15. The van der Waals surface area contributed by atoms with Gasteiger partial charge in [-0.05, 0) is 0 Å². The molecule has 88 valence electrons. The van der Waals surface area contributed by atoms with Crippen LogP contribution in [0.2, 0.25) is 0 Å². The van der Waals surface area contributed by atoms with Gasteiger partial charge in [0.2, 0.25) is 5.88 Å². The van der Waals surface area contributed by atoms with E-state index < -0.39 is 22.7 Å². The highest BCUT2D eigenvalue weighted by molar-refractivity contribution is 9.08. The van der Waals surface area contributed by atoms with Crippen molar-refractivity contribution < 1.29 is 18.4 Å². The summed E-state index contributed by atoms with van der Waals surface area (Å²) in [5, 5.41) is 10.8. The van der Waals surface area contributed by atoms with Gasteiger partial charge in [-0.15, -0.1) is 0 Å². The lowest BCUT2D eigenvalue weighted by Crippen LogP contribution is -2.03. The summed E-state index contributed by atoms with van der Waals surface area (Å²) < 4.78 is 29.8. The van der Waals surface area contributed by atoms with E-state index in [1.165, 1.54) is 7.11 Å². The lowest BCUT2D eigenvalue weighted by Gasteiger charge is -2.07. The fraction of sp³-hybridized carbons (Fsp3) is 0.375. The van der Waals surface area contributed by atoms with Crippen LogP contribution in [0.1, 0.15) is 17.7 Å². The number of halogens is 3. The van der Waals surface area contributed by atoms with Crippen LogP contribution in [-0.4, -0.2) is 17.0 Å². The number of aromatic nitrogens is 1. The molecule has 0 saturated heterocycles. The maximum Gasteiger partial charge on any atom is 0.297 e. The summed E-state index contributed by atoms with van der Waals surface area (Å²) in [7, 11) is 1.26. The summed E-state index contributed by atoms with van der Waals surface area (Å²) >= 11 is 3.06. The Kier molecular flexibility index (Phi) is 4.11. The number of hydrogen-bond donors (Lipinski definition) is 0. The van der Waals surface area contributed by atoms with Gasteiger partial charge in [-0.1, -0.05) is 15.9 Å². The Morgan fingerprint density at radius 2 is 2.31 bits per heavy atom. The minimum atomic E-state index is -3.02. The summed E-state index contributed by atoms with van der Waals surface area (Å²) in [5.74, 6) is -0.0437. The Balaban J connectivity index is 3.41.